The molecule has 58 heavy (non-hydrogen) atoms. The average Bonchev–Trinajstić information content (AvgIpc) is 3.26. The highest BCUT2D eigenvalue weighted by Gasteiger charge is 2.32. The number of rotatable bonds is 7. The van der Waals surface area contributed by atoms with Crippen LogP contribution in [0, 0.1) is 0 Å². The monoisotopic (exact) mass is 768 g/mol. The van der Waals surface area contributed by atoms with E-state index < -0.39 is 10.8 Å². The summed E-state index contributed by atoms with van der Waals surface area (Å²) in [5.74, 6) is 1.29. The molecule has 0 bridgehead atoms. The Balaban J connectivity index is 0.000000154. The van der Waals surface area contributed by atoms with Crippen molar-refractivity contribution >= 4 is 0 Å². The van der Waals surface area contributed by atoms with Gasteiger partial charge in [0.25, 0.3) is 0 Å². The smallest absolute Gasteiger partial charge is 0.115 e. The molecular weight excluding hydrogens is 725 g/mol. The van der Waals surface area contributed by atoms with Crippen molar-refractivity contribution in [2.45, 2.75) is 24.7 Å². The zero-order valence-corrected chi connectivity index (χ0v) is 32.1. The third kappa shape index (κ3) is 9.26. The van der Waals surface area contributed by atoms with E-state index in [1.807, 2.05) is 109 Å². The van der Waals surface area contributed by atoms with Gasteiger partial charge in [0.1, 0.15) is 34.5 Å². The molecule has 0 fully saturated rings. The van der Waals surface area contributed by atoms with E-state index in [1.165, 1.54) is 0 Å². The fourth-order valence-electron chi connectivity index (χ4n) is 6.80. The molecule has 0 unspecified atom stereocenters. The highest BCUT2D eigenvalue weighted by molar-refractivity contribution is 5.54. The van der Waals surface area contributed by atoms with Gasteiger partial charge < -0.3 is 30.6 Å². The van der Waals surface area contributed by atoms with Gasteiger partial charge in [-0.05, 0) is 144 Å². The van der Waals surface area contributed by atoms with Gasteiger partial charge in [0.2, 0.25) is 0 Å². The van der Waals surface area contributed by atoms with Crippen LogP contribution >= 0.6 is 0 Å². The Kier molecular flexibility index (Phi) is 12.4. The molecular formula is C50H44N2O6. The van der Waals surface area contributed by atoms with E-state index in [2.05, 4.69) is 23.8 Å². The minimum absolute atomic E-state index is 0.215. The van der Waals surface area contributed by atoms with Crippen LogP contribution in [0.25, 0.3) is 11.4 Å². The number of phenolic OH excluding ortho intramolecular Hbond substituents is 6. The standard InChI is InChI=1S/2C20H18O3.C10H8N2/c2*1-20(14-2-8-17(21)9-3-14,15-4-10-18(22)11-5-15)16-6-12-19(23)13-7-16;1-3-7-11-9(5-1)10-6-2-4-8-12-10/h2*2-13,21-23H,1H3;1-8H. The van der Waals surface area contributed by atoms with Crippen LogP contribution in [-0.4, -0.2) is 40.6 Å². The van der Waals surface area contributed by atoms with Gasteiger partial charge in [0.15, 0.2) is 0 Å². The summed E-state index contributed by atoms with van der Waals surface area (Å²) in [6, 6.07) is 54.1. The topological polar surface area (TPSA) is 147 Å². The quantitative estimate of drug-likeness (QED) is 0.0879. The molecule has 8 rings (SSSR count). The molecule has 0 aliphatic rings. The predicted octanol–water partition coefficient (Wildman–Crippen LogP) is 10.5. The van der Waals surface area contributed by atoms with Crippen molar-refractivity contribution in [2.75, 3.05) is 0 Å². The van der Waals surface area contributed by atoms with Crippen molar-refractivity contribution in [3.8, 4) is 45.9 Å². The number of phenols is 6. The molecule has 0 radical (unpaired) electrons. The van der Waals surface area contributed by atoms with E-state index in [0.717, 1.165) is 44.8 Å². The van der Waals surface area contributed by atoms with E-state index in [4.69, 9.17) is 0 Å². The molecule has 8 nitrogen and oxygen atoms in total. The first kappa shape index (κ1) is 40.1. The highest BCUT2D eigenvalue weighted by Crippen LogP contribution is 2.41. The molecule has 6 N–H and O–H groups in total. The van der Waals surface area contributed by atoms with Crippen LogP contribution in [-0.2, 0) is 10.8 Å². The second-order valence-corrected chi connectivity index (χ2v) is 14.0. The van der Waals surface area contributed by atoms with Crippen molar-refractivity contribution < 1.29 is 30.6 Å². The summed E-state index contributed by atoms with van der Waals surface area (Å²) in [6.45, 7) is 4.16. The Morgan fingerprint density at radius 1 is 0.276 bits per heavy atom. The zero-order valence-electron chi connectivity index (χ0n) is 32.1. The summed E-state index contributed by atoms with van der Waals surface area (Å²) in [6.07, 6.45) is 3.54. The molecule has 0 aliphatic carbocycles. The Morgan fingerprint density at radius 3 is 0.621 bits per heavy atom. The van der Waals surface area contributed by atoms with E-state index in [9.17, 15) is 30.6 Å². The third-order valence-corrected chi connectivity index (χ3v) is 10.3. The lowest BCUT2D eigenvalue weighted by Crippen LogP contribution is -2.25. The Bertz CT molecular complexity index is 2070. The first-order chi connectivity index (χ1) is 28.0. The van der Waals surface area contributed by atoms with Gasteiger partial charge in [-0.3, -0.25) is 9.97 Å². The molecule has 0 amide bonds. The summed E-state index contributed by atoms with van der Waals surface area (Å²) in [5.41, 5.74) is 6.91. The number of benzene rings is 6. The SMILES string of the molecule is CC(c1ccc(O)cc1)(c1ccc(O)cc1)c1ccc(O)cc1.CC(c1ccc(O)cc1)(c1ccc(O)cc1)c1ccc(O)cc1.c1ccc(-c2ccccn2)nc1. The summed E-state index contributed by atoms with van der Waals surface area (Å²) >= 11 is 0. The maximum atomic E-state index is 9.57. The van der Waals surface area contributed by atoms with E-state index in [1.54, 1.807) is 85.2 Å². The van der Waals surface area contributed by atoms with E-state index in [-0.39, 0.29) is 34.5 Å². The summed E-state index contributed by atoms with van der Waals surface area (Å²) in [4.78, 5) is 8.37. The molecule has 2 aromatic heterocycles. The molecule has 2 heterocycles. The van der Waals surface area contributed by atoms with Gasteiger partial charge >= 0.3 is 0 Å². The van der Waals surface area contributed by atoms with Crippen molar-refractivity contribution in [3.05, 3.63) is 228 Å². The van der Waals surface area contributed by atoms with Crippen molar-refractivity contribution in [1.82, 2.24) is 9.97 Å². The average molecular weight is 769 g/mol. The molecule has 8 heteroatoms. The largest absolute Gasteiger partial charge is 0.508 e. The lowest BCUT2D eigenvalue weighted by Gasteiger charge is -2.32. The Hall–Kier alpha value is -7.58. The minimum atomic E-state index is -0.477. The minimum Gasteiger partial charge on any atom is -0.508 e. The van der Waals surface area contributed by atoms with Crippen LogP contribution in [0.4, 0.5) is 0 Å². The maximum absolute atomic E-state index is 9.57. The first-order valence-corrected chi connectivity index (χ1v) is 18.6. The second-order valence-electron chi connectivity index (χ2n) is 14.0. The lowest BCUT2D eigenvalue weighted by molar-refractivity contribution is 0.472. The van der Waals surface area contributed by atoms with Crippen molar-refractivity contribution in [3.63, 3.8) is 0 Å². The van der Waals surface area contributed by atoms with Gasteiger partial charge in [-0.15, -0.1) is 0 Å². The highest BCUT2D eigenvalue weighted by atomic mass is 16.3. The summed E-state index contributed by atoms with van der Waals surface area (Å²) in [5, 5.41) is 57.4. The molecule has 0 atom stereocenters. The fraction of sp³-hybridized carbons (Fsp3) is 0.0800. The van der Waals surface area contributed by atoms with Gasteiger partial charge in [0, 0.05) is 23.2 Å². The molecule has 0 saturated heterocycles. The van der Waals surface area contributed by atoms with Gasteiger partial charge in [-0.2, -0.15) is 0 Å². The number of hydrogen-bond acceptors (Lipinski definition) is 8. The molecule has 0 saturated carbocycles. The van der Waals surface area contributed by atoms with Crippen molar-refractivity contribution in [2.24, 2.45) is 0 Å². The zero-order chi connectivity index (χ0) is 41.1. The molecule has 0 aliphatic heterocycles. The van der Waals surface area contributed by atoms with Crippen LogP contribution in [0.3, 0.4) is 0 Å². The van der Waals surface area contributed by atoms with Crippen LogP contribution in [0.15, 0.2) is 194 Å². The Morgan fingerprint density at radius 2 is 0.466 bits per heavy atom. The lowest BCUT2D eigenvalue weighted by atomic mass is 9.71. The third-order valence-electron chi connectivity index (χ3n) is 10.3. The van der Waals surface area contributed by atoms with Crippen LogP contribution in [0.1, 0.15) is 47.2 Å². The molecule has 0 spiro atoms. The summed E-state index contributed by atoms with van der Waals surface area (Å²) < 4.78 is 0. The van der Waals surface area contributed by atoms with Gasteiger partial charge in [0.05, 0.1) is 11.4 Å². The number of nitrogens with zero attached hydrogens (tertiary/aromatic N) is 2. The first-order valence-electron chi connectivity index (χ1n) is 18.6. The van der Waals surface area contributed by atoms with Crippen LogP contribution in [0.2, 0.25) is 0 Å². The summed E-state index contributed by atoms with van der Waals surface area (Å²) in [7, 11) is 0. The number of aromatic nitrogens is 2. The Labute approximate surface area is 338 Å². The normalized spacial score (nSPS) is 11.0. The van der Waals surface area contributed by atoms with Gasteiger partial charge in [-0.1, -0.05) is 84.9 Å². The number of pyridine rings is 2. The number of hydrogen-bond donors (Lipinski definition) is 6. The fourth-order valence-corrected chi connectivity index (χ4v) is 6.80. The van der Waals surface area contributed by atoms with Gasteiger partial charge in [-0.25, -0.2) is 0 Å². The molecule has 8 aromatic rings. The predicted molar refractivity (Wildman–Crippen MR) is 227 cm³/mol. The van der Waals surface area contributed by atoms with Crippen molar-refractivity contribution in [1.29, 1.82) is 0 Å². The maximum Gasteiger partial charge on any atom is 0.115 e. The van der Waals surface area contributed by atoms with E-state index >= 15 is 0 Å². The van der Waals surface area contributed by atoms with E-state index in [0.29, 0.717) is 0 Å². The second kappa shape index (κ2) is 17.9. The van der Waals surface area contributed by atoms with Crippen LogP contribution in [0.5, 0.6) is 34.5 Å². The number of aromatic hydroxyl groups is 6. The molecule has 6 aromatic carbocycles. The van der Waals surface area contributed by atoms with Crippen LogP contribution < -0.4 is 0 Å². The molecule has 290 valence electrons.